The van der Waals surface area contributed by atoms with E-state index >= 15 is 0 Å². The summed E-state index contributed by atoms with van der Waals surface area (Å²) in [6.45, 7) is 3.80. The first-order valence-electron chi connectivity index (χ1n) is 13.7. The van der Waals surface area contributed by atoms with Crippen LogP contribution in [0.4, 0.5) is 23.2 Å². The van der Waals surface area contributed by atoms with E-state index in [2.05, 4.69) is 4.90 Å². The summed E-state index contributed by atoms with van der Waals surface area (Å²) in [5, 5.41) is 10.1. The van der Waals surface area contributed by atoms with E-state index in [0.29, 0.717) is 55.2 Å². The van der Waals surface area contributed by atoms with Gasteiger partial charge in [-0.2, -0.15) is 13.2 Å². The smallest absolute Gasteiger partial charge is 0.392 e. The van der Waals surface area contributed by atoms with Crippen LogP contribution in [0.1, 0.15) is 42.0 Å². The first kappa shape index (κ1) is 30.5. The summed E-state index contributed by atoms with van der Waals surface area (Å²) in [7, 11) is -4.37. The van der Waals surface area contributed by atoms with Gasteiger partial charge in [-0.05, 0) is 91.7 Å². The standard InChI is InChI=1S/C31H31ClF4N2O3S/c1-20(30-27(32)6-3-7-28(30)33)14-21-8-9-23-15-22(10-12-37-13-11-25(39)19-37)18-38(29(23)16-21)42(40,41)26-5-2-4-24(17-26)31(34,35)36/h2-9,14,16-17,22,25,39H,10-13,15,18-19H2,1H3/b20-14+/t22-,25?/m1/s1. The van der Waals surface area contributed by atoms with Crippen molar-refractivity contribution in [2.75, 3.05) is 30.5 Å². The molecule has 5 rings (SSSR count). The largest absolute Gasteiger partial charge is 0.416 e. The van der Waals surface area contributed by atoms with E-state index in [-0.39, 0.29) is 29.2 Å². The highest BCUT2D eigenvalue weighted by atomic mass is 35.5. The van der Waals surface area contributed by atoms with Crippen molar-refractivity contribution in [3.63, 3.8) is 0 Å². The molecule has 0 amide bonds. The molecule has 42 heavy (non-hydrogen) atoms. The number of allylic oxidation sites excluding steroid dienone is 1. The van der Waals surface area contributed by atoms with Gasteiger partial charge in [-0.1, -0.05) is 41.9 Å². The number of aliphatic hydroxyl groups excluding tert-OH is 1. The summed E-state index contributed by atoms with van der Waals surface area (Å²) in [5.74, 6) is -0.576. The Kier molecular flexibility index (Phi) is 8.72. The van der Waals surface area contributed by atoms with Crippen molar-refractivity contribution in [3.8, 4) is 0 Å². The summed E-state index contributed by atoms with van der Waals surface area (Å²) >= 11 is 6.24. The molecule has 0 bridgehead atoms. The number of aliphatic hydroxyl groups is 1. The molecule has 3 aromatic rings. The molecule has 2 aliphatic rings. The van der Waals surface area contributed by atoms with Gasteiger partial charge in [-0.15, -0.1) is 0 Å². The number of benzene rings is 3. The third kappa shape index (κ3) is 6.51. The van der Waals surface area contributed by atoms with E-state index in [9.17, 15) is 31.1 Å². The van der Waals surface area contributed by atoms with Crippen LogP contribution >= 0.6 is 11.6 Å². The Morgan fingerprint density at radius 2 is 1.86 bits per heavy atom. The lowest BCUT2D eigenvalue weighted by Gasteiger charge is -2.36. The highest BCUT2D eigenvalue weighted by molar-refractivity contribution is 7.92. The predicted molar refractivity (Wildman–Crippen MR) is 156 cm³/mol. The summed E-state index contributed by atoms with van der Waals surface area (Å²) in [5.41, 5.74) is 1.45. The van der Waals surface area contributed by atoms with Crippen LogP contribution in [0.2, 0.25) is 5.02 Å². The molecular formula is C31H31ClF4N2O3S. The van der Waals surface area contributed by atoms with Gasteiger partial charge in [0.25, 0.3) is 10.0 Å². The molecule has 0 radical (unpaired) electrons. The van der Waals surface area contributed by atoms with Crippen molar-refractivity contribution >= 4 is 39.0 Å². The van der Waals surface area contributed by atoms with Crippen LogP contribution in [-0.2, 0) is 22.6 Å². The summed E-state index contributed by atoms with van der Waals surface area (Å²) in [6, 6.07) is 13.5. The van der Waals surface area contributed by atoms with E-state index in [0.717, 1.165) is 24.2 Å². The van der Waals surface area contributed by atoms with Crippen molar-refractivity contribution in [1.82, 2.24) is 4.90 Å². The van der Waals surface area contributed by atoms with Gasteiger partial charge in [0.1, 0.15) is 5.82 Å². The first-order chi connectivity index (χ1) is 19.8. The molecule has 224 valence electrons. The van der Waals surface area contributed by atoms with E-state index in [1.165, 1.54) is 22.5 Å². The zero-order valence-corrected chi connectivity index (χ0v) is 24.5. The molecule has 11 heteroatoms. The Labute approximate surface area is 248 Å². The molecule has 1 saturated heterocycles. The number of sulfonamides is 1. The molecule has 0 aliphatic carbocycles. The summed E-state index contributed by atoms with van der Waals surface area (Å²) in [6.07, 6.45) is -1.43. The number of alkyl halides is 3. The molecule has 2 heterocycles. The van der Waals surface area contributed by atoms with Crippen molar-refractivity contribution in [2.24, 2.45) is 5.92 Å². The van der Waals surface area contributed by atoms with E-state index in [1.807, 2.05) is 12.1 Å². The number of fused-ring (bicyclic) bond motifs is 1. The fraction of sp³-hybridized carbons (Fsp3) is 0.355. The second kappa shape index (κ2) is 12.0. The Hall–Kier alpha value is -2.92. The molecule has 3 aromatic carbocycles. The number of likely N-dealkylation sites (tertiary alicyclic amines) is 1. The highest BCUT2D eigenvalue weighted by Gasteiger charge is 2.36. The maximum atomic E-state index is 14.5. The normalized spacial score (nSPS) is 20.2. The van der Waals surface area contributed by atoms with Gasteiger partial charge in [0.05, 0.1) is 27.3 Å². The minimum Gasteiger partial charge on any atom is -0.392 e. The highest BCUT2D eigenvalue weighted by Crippen LogP contribution is 2.38. The molecule has 2 atom stereocenters. The van der Waals surface area contributed by atoms with Crippen LogP contribution in [0.25, 0.3) is 11.6 Å². The van der Waals surface area contributed by atoms with Crippen LogP contribution in [-0.4, -0.2) is 50.7 Å². The average molecular weight is 623 g/mol. The SMILES string of the molecule is C/C(=C\c1ccc2c(c1)N(S(=O)(=O)c1cccc(C(F)(F)F)c1)C[C@H](CCN1CCC(O)C1)C2)c1c(F)cccc1Cl. The van der Waals surface area contributed by atoms with Crippen molar-refractivity contribution in [2.45, 2.75) is 43.4 Å². The lowest BCUT2D eigenvalue weighted by Crippen LogP contribution is -2.41. The maximum Gasteiger partial charge on any atom is 0.416 e. The zero-order valence-electron chi connectivity index (χ0n) is 22.9. The molecule has 2 aliphatic heterocycles. The van der Waals surface area contributed by atoms with Crippen molar-refractivity contribution in [3.05, 3.63) is 93.8 Å². The number of hydrogen-bond donors (Lipinski definition) is 1. The predicted octanol–water partition coefficient (Wildman–Crippen LogP) is 6.88. The minimum absolute atomic E-state index is 0.0869. The van der Waals surface area contributed by atoms with Gasteiger partial charge in [-0.25, -0.2) is 12.8 Å². The number of nitrogens with zero attached hydrogens (tertiary/aromatic N) is 2. The lowest BCUT2D eigenvalue weighted by atomic mass is 9.90. The number of β-amino-alcohol motifs (C(OH)–C–C–N with tert-alkyl or cyclic N) is 1. The number of halogens is 5. The van der Waals surface area contributed by atoms with E-state index < -0.39 is 32.5 Å². The van der Waals surface area contributed by atoms with Gasteiger partial charge >= 0.3 is 6.18 Å². The van der Waals surface area contributed by atoms with Crippen LogP contribution in [0, 0.1) is 11.7 Å². The van der Waals surface area contributed by atoms with Gasteiger partial charge in [0.2, 0.25) is 0 Å². The first-order valence-corrected chi connectivity index (χ1v) is 15.5. The van der Waals surface area contributed by atoms with Crippen molar-refractivity contribution in [1.29, 1.82) is 0 Å². The Morgan fingerprint density at radius 3 is 2.55 bits per heavy atom. The fourth-order valence-corrected chi connectivity index (χ4v) is 7.67. The summed E-state index contributed by atoms with van der Waals surface area (Å²) in [4.78, 5) is 1.69. The fourth-order valence-electron chi connectivity index (χ4n) is 5.74. The van der Waals surface area contributed by atoms with E-state index in [4.69, 9.17) is 11.6 Å². The average Bonchev–Trinajstić information content (AvgIpc) is 3.36. The topological polar surface area (TPSA) is 60.9 Å². The van der Waals surface area contributed by atoms with Gasteiger partial charge in [0, 0.05) is 25.2 Å². The van der Waals surface area contributed by atoms with Gasteiger partial charge in [0.15, 0.2) is 0 Å². The number of hydrogen-bond acceptors (Lipinski definition) is 4. The molecule has 0 saturated carbocycles. The van der Waals surface area contributed by atoms with Crippen LogP contribution in [0.15, 0.2) is 65.6 Å². The Morgan fingerprint density at radius 1 is 1.10 bits per heavy atom. The van der Waals surface area contributed by atoms with E-state index in [1.54, 1.807) is 25.1 Å². The number of anilines is 1. The second-order valence-electron chi connectivity index (χ2n) is 11.0. The van der Waals surface area contributed by atoms with Crippen LogP contribution < -0.4 is 4.31 Å². The number of rotatable bonds is 7. The third-order valence-electron chi connectivity index (χ3n) is 7.90. The molecule has 0 spiro atoms. The lowest BCUT2D eigenvalue weighted by molar-refractivity contribution is -0.137. The second-order valence-corrected chi connectivity index (χ2v) is 13.2. The molecule has 1 fully saturated rings. The molecule has 0 aromatic heterocycles. The summed E-state index contributed by atoms with van der Waals surface area (Å²) < 4.78 is 84.1. The zero-order chi connectivity index (χ0) is 30.2. The third-order valence-corrected chi connectivity index (χ3v) is 9.99. The Bertz CT molecular complexity index is 1590. The molecule has 5 nitrogen and oxygen atoms in total. The van der Waals surface area contributed by atoms with Crippen LogP contribution in [0.3, 0.4) is 0 Å². The molecule has 1 unspecified atom stereocenters. The minimum atomic E-state index is -4.70. The van der Waals surface area contributed by atoms with Crippen molar-refractivity contribution < 1.29 is 31.1 Å². The van der Waals surface area contributed by atoms with Crippen LogP contribution in [0.5, 0.6) is 0 Å². The van der Waals surface area contributed by atoms with Gasteiger partial charge < -0.3 is 10.0 Å². The maximum absolute atomic E-state index is 14.5. The Balaban J connectivity index is 1.52. The molecule has 1 N–H and O–H groups in total. The molecular weight excluding hydrogens is 592 g/mol. The van der Waals surface area contributed by atoms with Gasteiger partial charge in [-0.3, -0.25) is 4.31 Å². The monoisotopic (exact) mass is 622 g/mol. The quantitative estimate of drug-likeness (QED) is 0.230.